The summed E-state index contributed by atoms with van der Waals surface area (Å²) in [4.78, 5) is 11.7. The van der Waals surface area contributed by atoms with Gasteiger partial charge in [0.2, 0.25) is 5.91 Å². The Kier molecular flexibility index (Phi) is 3.80. The Bertz CT molecular complexity index is 344. The molecule has 1 aromatic heterocycles. The summed E-state index contributed by atoms with van der Waals surface area (Å²) in [5.41, 5.74) is 0.570. The minimum Gasteiger partial charge on any atom is -0.353 e. The van der Waals surface area contributed by atoms with Gasteiger partial charge < -0.3 is 9.88 Å². The van der Waals surface area contributed by atoms with Crippen LogP contribution in [0.1, 0.15) is 19.5 Å². The molecule has 0 spiro atoms. The maximum Gasteiger partial charge on any atom is 0.227 e. The number of hydrogen-bond donors (Lipinski definition) is 1. The van der Waals surface area contributed by atoms with Crippen molar-refractivity contribution in [3.63, 3.8) is 0 Å². The lowest BCUT2D eigenvalue weighted by Crippen LogP contribution is -2.37. The van der Waals surface area contributed by atoms with Crippen LogP contribution in [0, 0.1) is 5.41 Å². The van der Waals surface area contributed by atoms with Crippen molar-refractivity contribution in [3.8, 4) is 0 Å². The number of aromatic nitrogens is 1. The molecule has 84 valence electrons. The highest BCUT2D eigenvalue weighted by Gasteiger charge is 2.25. The van der Waals surface area contributed by atoms with Gasteiger partial charge in [-0.3, -0.25) is 4.79 Å². The SMILES string of the molecule is Cn1cccc1CNC(=O)C(C)(C)CCl. The number of alkyl halides is 1. The summed E-state index contributed by atoms with van der Waals surface area (Å²) in [6.07, 6.45) is 1.95. The number of carbonyl (C=O) groups excluding carboxylic acids is 1. The van der Waals surface area contributed by atoms with Gasteiger partial charge in [0.25, 0.3) is 0 Å². The molecule has 1 rings (SSSR count). The summed E-state index contributed by atoms with van der Waals surface area (Å²) in [6, 6.07) is 3.93. The summed E-state index contributed by atoms with van der Waals surface area (Å²) in [5, 5.41) is 2.87. The number of amides is 1. The quantitative estimate of drug-likeness (QED) is 0.785. The lowest BCUT2D eigenvalue weighted by molar-refractivity contribution is -0.128. The first-order chi connectivity index (χ1) is 6.97. The van der Waals surface area contributed by atoms with Crippen molar-refractivity contribution in [1.82, 2.24) is 9.88 Å². The Balaban J connectivity index is 2.52. The van der Waals surface area contributed by atoms with Gasteiger partial charge in [0.15, 0.2) is 0 Å². The van der Waals surface area contributed by atoms with Crippen LogP contribution in [-0.4, -0.2) is 16.4 Å². The number of carbonyl (C=O) groups is 1. The molecule has 0 atom stereocenters. The van der Waals surface area contributed by atoms with Gasteiger partial charge in [0.1, 0.15) is 0 Å². The lowest BCUT2D eigenvalue weighted by atomic mass is 9.95. The smallest absolute Gasteiger partial charge is 0.227 e. The molecule has 0 unspecified atom stereocenters. The van der Waals surface area contributed by atoms with Crippen molar-refractivity contribution in [3.05, 3.63) is 24.0 Å². The largest absolute Gasteiger partial charge is 0.353 e. The zero-order chi connectivity index (χ0) is 11.5. The molecule has 1 aromatic rings. The fourth-order valence-corrected chi connectivity index (χ4v) is 1.27. The fourth-order valence-electron chi connectivity index (χ4n) is 1.15. The van der Waals surface area contributed by atoms with Crippen LogP contribution in [-0.2, 0) is 18.4 Å². The number of rotatable bonds is 4. The number of aryl methyl sites for hydroxylation is 1. The van der Waals surface area contributed by atoms with E-state index in [-0.39, 0.29) is 5.91 Å². The normalized spacial score (nSPS) is 11.5. The molecule has 1 heterocycles. The molecule has 4 heteroatoms. The molecular formula is C11H17ClN2O. The summed E-state index contributed by atoms with van der Waals surface area (Å²) in [6.45, 7) is 4.21. The Morgan fingerprint density at radius 2 is 2.27 bits per heavy atom. The maximum atomic E-state index is 11.7. The second-order valence-corrected chi connectivity index (χ2v) is 4.58. The predicted molar refractivity (Wildman–Crippen MR) is 61.8 cm³/mol. The van der Waals surface area contributed by atoms with E-state index in [9.17, 15) is 4.79 Å². The van der Waals surface area contributed by atoms with Crippen LogP contribution < -0.4 is 5.32 Å². The van der Waals surface area contributed by atoms with Crippen LogP contribution in [0.3, 0.4) is 0 Å². The van der Waals surface area contributed by atoms with Crippen molar-refractivity contribution in [1.29, 1.82) is 0 Å². The molecule has 0 radical (unpaired) electrons. The Morgan fingerprint density at radius 3 is 2.73 bits per heavy atom. The van der Waals surface area contributed by atoms with Gasteiger partial charge >= 0.3 is 0 Å². The molecule has 3 nitrogen and oxygen atoms in total. The lowest BCUT2D eigenvalue weighted by Gasteiger charge is -2.20. The third-order valence-corrected chi connectivity index (χ3v) is 3.10. The first-order valence-electron chi connectivity index (χ1n) is 4.92. The van der Waals surface area contributed by atoms with Gasteiger partial charge in [-0.2, -0.15) is 0 Å². The summed E-state index contributed by atoms with van der Waals surface area (Å²) >= 11 is 5.71. The van der Waals surface area contributed by atoms with Crippen molar-refractivity contribution in [2.75, 3.05) is 5.88 Å². The highest BCUT2D eigenvalue weighted by atomic mass is 35.5. The van der Waals surface area contributed by atoms with E-state index in [0.29, 0.717) is 12.4 Å². The van der Waals surface area contributed by atoms with E-state index < -0.39 is 5.41 Å². The average molecular weight is 229 g/mol. The Labute approximate surface area is 95.4 Å². The molecule has 0 aromatic carbocycles. The number of nitrogens with zero attached hydrogens (tertiary/aromatic N) is 1. The van der Waals surface area contributed by atoms with Gasteiger partial charge in [-0.1, -0.05) is 0 Å². The summed E-state index contributed by atoms with van der Waals surface area (Å²) in [7, 11) is 1.95. The zero-order valence-corrected chi connectivity index (χ0v) is 10.1. The van der Waals surface area contributed by atoms with Crippen LogP contribution in [0.5, 0.6) is 0 Å². The Hall–Kier alpha value is -0.960. The van der Waals surface area contributed by atoms with Crippen molar-refractivity contribution in [2.24, 2.45) is 12.5 Å². The third kappa shape index (κ3) is 2.99. The Morgan fingerprint density at radius 1 is 1.60 bits per heavy atom. The van der Waals surface area contributed by atoms with Gasteiger partial charge in [0.05, 0.1) is 12.0 Å². The molecule has 0 saturated heterocycles. The van der Waals surface area contributed by atoms with E-state index in [1.807, 2.05) is 43.8 Å². The standard InChI is InChI=1S/C11H17ClN2O/c1-11(2,8-12)10(15)13-7-9-5-4-6-14(9)3/h4-6H,7-8H2,1-3H3,(H,13,15). The highest BCUT2D eigenvalue weighted by Crippen LogP contribution is 2.17. The van der Waals surface area contributed by atoms with Crippen LogP contribution in [0.15, 0.2) is 18.3 Å². The van der Waals surface area contributed by atoms with Crippen molar-refractivity contribution in [2.45, 2.75) is 20.4 Å². The molecule has 0 aliphatic carbocycles. The van der Waals surface area contributed by atoms with E-state index in [0.717, 1.165) is 5.69 Å². The van der Waals surface area contributed by atoms with E-state index in [1.54, 1.807) is 0 Å². The molecule has 0 fully saturated rings. The van der Waals surface area contributed by atoms with E-state index in [4.69, 9.17) is 11.6 Å². The van der Waals surface area contributed by atoms with E-state index in [2.05, 4.69) is 5.32 Å². The number of nitrogens with one attached hydrogen (secondary N) is 1. The van der Waals surface area contributed by atoms with Crippen LogP contribution in [0.25, 0.3) is 0 Å². The molecular weight excluding hydrogens is 212 g/mol. The average Bonchev–Trinajstić information content (AvgIpc) is 2.60. The minimum atomic E-state index is -0.507. The second-order valence-electron chi connectivity index (χ2n) is 4.31. The molecule has 0 aliphatic rings. The number of halogens is 1. The van der Waals surface area contributed by atoms with Crippen LogP contribution >= 0.6 is 11.6 Å². The van der Waals surface area contributed by atoms with E-state index in [1.165, 1.54) is 0 Å². The summed E-state index contributed by atoms with van der Waals surface area (Å²) < 4.78 is 1.98. The van der Waals surface area contributed by atoms with Crippen molar-refractivity contribution < 1.29 is 4.79 Å². The molecule has 1 amide bonds. The van der Waals surface area contributed by atoms with Crippen LogP contribution in [0.2, 0.25) is 0 Å². The molecule has 1 N–H and O–H groups in total. The van der Waals surface area contributed by atoms with Gasteiger partial charge in [-0.25, -0.2) is 0 Å². The van der Waals surface area contributed by atoms with Crippen LogP contribution in [0.4, 0.5) is 0 Å². The predicted octanol–water partition coefficient (Wildman–Crippen LogP) is 1.91. The first-order valence-corrected chi connectivity index (χ1v) is 5.45. The highest BCUT2D eigenvalue weighted by molar-refractivity contribution is 6.19. The van der Waals surface area contributed by atoms with Gasteiger partial charge in [-0.05, 0) is 26.0 Å². The van der Waals surface area contributed by atoms with Gasteiger partial charge in [-0.15, -0.1) is 11.6 Å². The second kappa shape index (κ2) is 4.71. The number of hydrogen-bond acceptors (Lipinski definition) is 1. The van der Waals surface area contributed by atoms with Crippen molar-refractivity contribution >= 4 is 17.5 Å². The third-order valence-electron chi connectivity index (χ3n) is 2.43. The van der Waals surface area contributed by atoms with Gasteiger partial charge in [0, 0.05) is 24.8 Å². The first kappa shape index (κ1) is 12.1. The van der Waals surface area contributed by atoms with E-state index >= 15 is 0 Å². The minimum absolute atomic E-state index is 0.0151. The molecule has 0 saturated carbocycles. The monoisotopic (exact) mass is 228 g/mol. The fraction of sp³-hybridized carbons (Fsp3) is 0.545. The summed E-state index contributed by atoms with van der Waals surface area (Å²) in [5.74, 6) is 0.310. The molecule has 0 bridgehead atoms. The topological polar surface area (TPSA) is 34.0 Å². The molecule has 0 aliphatic heterocycles. The maximum absolute atomic E-state index is 11.7. The zero-order valence-electron chi connectivity index (χ0n) is 9.38. The molecule has 15 heavy (non-hydrogen) atoms.